The molecule has 4 aromatic rings. The normalized spacial score (nSPS) is 11.1. The molecule has 0 aliphatic carbocycles. The van der Waals surface area contributed by atoms with Crippen molar-refractivity contribution in [2.75, 3.05) is 4.90 Å². The molecule has 4 aromatic heterocycles. The molecule has 0 saturated heterocycles. The quantitative estimate of drug-likeness (QED) is 0.426. The predicted molar refractivity (Wildman–Crippen MR) is 103 cm³/mol. The number of thiol groups is 1. The second-order valence-electron chi connectivity index (χ2n) is 5.83. The average Bonchev–Trinajstić information content (AvgIpc) is 2.96. The molecule has 0 unspecified atom stereocenters. The molecule has 4 heterocycles. The molecule has 0 atom stereocenters. The second-order valence-corrected chi connectivity index (χ2v) is 6.23. The summed E-state index contributed by atoms with van der Waals surface area (Å²) in [5, 5.41) is 1.15. The number of carbonyl (C=O) groups excluding carboxylic acids is 2. The van der Waals surface area contributed by atoms with Crippen LogP contribution in [0.4, 0.5) is 5.95 Å². The molecule has 0 N–H and O–H groups in total. The molecular weight excluding hydrogens is 364 g/mol. The predicted octanol–water partition coefficient (Wildman–Crippen LogP) is 2.53. The summed E-state index contributed by atoms with van der Waals surface area (Å²) in [6.45, 7) is 2.64. The fraction of sp³-hybridized carbons (Fsp3) is 0.111. The highest BCUT2D eigenvalue weighted by molar-refractivity contribution is 7.80. The maximum absolute atomic E-state index is 12.1. The molecule has 0 aromatic carbocycles. The Balaban J connectivity index is 2.16. The Kier molecular flexibility index (Phi) is 4.08. The molecule has 0 aliphatic rings. The third kappa shape index (κ3) is 2.72. The Morgan fingerprint density at radius 3 is 2.44 bits per heavy atom. The summed E-state index contributed by atoms with van der Waals surface area (Å²) >= 11 is 4.23. The first-order valence-corrected chi connectivity index (χ1v) is 8.51. The van der Waals surface area contributed by atoms with E-state index in [1.807, 2.05) is 12.1 Å². The summed E-state index contributed by atoms with van der Waals surface area (Å²) in [5.41, 5.74) is 2.74. The van der Waals surface area contributed by atoms with Crippen LogP contribution in [0.25, 0.3) is 27.8 Å². The first-order valence-electron chi connectivity index (χ1n) is 8.07. The topological polar surface area (TPSA) is 93.4 Å². The number of hydrogen-bond acceptors (Lipinski definition) is 7. The standard InChI is InChI=1S/C18H14N6O2S/c1-10(25)23(11(2)26)18-21-9-6-14-15(13-5-8-20-17(27)22-13)12-4-3-7-19-16(12)24(14)18/h3-9H,1-2H3,(H,20,22,27). The molecule has 0 saturated carbocycles. The van der Waals surface area contributed by atoms with E-state index in [0.29, 0.717) is 22.0 Å². The van der Waals surface area contributed by atoms with Crippen LogP contribution in [-0.4, -0.2) is 36.2 Å². The largest absolute Gasteiger partial charge is 0.274 e. The minimum Gasteiger partial charge on any atom is -0.274 e. The van der Waals surface area contributed by atoms with Crippen molar-refractivity contribution in [2.45, 2.75) is 19.0 Å². The van der Waals surface area contributed by atoms with Gasteiger partial charge in [-0.05, 0) is 24.3 Å². The molecule has 4 rings (SSSR count). The van der Waals surface area contributed by atoms with Crippen LogP contribution < -0.4 is 4.90 Å². The van der Waals surface area contributed by atoms with Gasteiger partial charge in [-0.25, -0.2) is 24.8 Å². The van der Waals surface area contributed by atoms with Gasteiger partial charge in [0, 0.05) is 43.4 Å². The highest BCUT2D eigenvalue weighted by atomic mass is 32.1. The van der Waals surface area contributed by atoms with Gasteiger partial charge in [0.15, 0.2) is 5.16 Å². The van der Waals surface area contributed by atoms with E-state index >= 15 is 0 Å². The molecule has 134 valence electrons. The lowest BCUT2D eigenvalue weighted by molar-refractivity contribution is -0.124. The zero-order valence-electron chi connectivity index (χ0n) is 14.5. The molecule has 0 radical (unpaired) electrons. The number of rotatable bonds is 2. The van der Waals surface area contributed by atoms with Crippen molar-refractivity contribution in [2.24, 2.45) is 0 Å². The van der Waals surface area contributed by atoms with Crippen molar-refractivity contribution in [3.05, 3.63) is 42.9 Å². The van der Waals surface area contributed by atoms with E-state index in [-0.39, 0.29) is 5.95 Å². The number of imide groups is 1. The van der Waals surface area contributed by atoms with Crippen molar-refractivity contribution in [1.82, 2.24) is 24.3 Å². The van der Waals surface area contributed by atoms with Gasteiger partial charge < -0.3 is 0 Å². The van der Waals surface area contributed by atoms with Crippen LogP contribution in [0.3, 0.4) is 0 Å². The lowest BCUT2D eigenvalue weighted by Gasteiger charge is -2.17. The monoisotopic (exact) mass is 378 g/mol. The van der Waals surface area contributed by atoms with Gasteiger partial charge in [0.25, 0.3) is 0 Å². The van der Waals surface area contributed by atoms with Gasteiger partial charge in [-0.1, -0.05) is 0 Å². The first-order chi connectivity index (χ1) is 13.0. The number of carbonyl (C=O) groups is 2. The number of fused-ring (bicyclic) bond motifs is 3. The van der Waals surface area contributed by atoms with Crippen LogP contribution in [0.1, 0.15) is 13.8 Å². The van der Waals surface area contributed by atoms with E-state index in [9.17, 15) is 9.59 Å². The zero-order valence-corrected chi connectivity index (χ0v) is 15.4. The highest BCUT2D eigenvalue weighted by Crippen LogP contribution is 2.35. The van der Waals surface area contributed by atoms with Gasteiger partial charge in [0.1, 0.15) is 5.65 Å². The number of hydrogen-bond donors (Lipinski definition) is 1. The Morgan fingerprint density at radius 2 is 1.74 bits per heavy atom. The van der Waals surface area contributed by atoms with E-state index in [0.717, 1.165) is 15.8 Å². The van der Waals surface area contributed by atoms with E-state index in [4.69, 9.17) is 0 Å². The number of amides is 2. The van der Waals surface area contributed by atoms with Crippen LogP contribution in [0, 0.1) is 0 Å². The van der Waals surface area contributed by atoms with Gasteiger partial charge in [0.2, 0.25) is 17.8 Å². The highest BCUT2D eigenvalue weighted by Gasteiger charge is 2.25. The number of nitrogens with zero attached hydrogens (tertiary/aromatic N) is 6. The summed E-state index contributed by atoms with van der Waals surface area (Å²) in [4.78, 5) is 42.4. The third-order valence-corrected chi connectivity index (χ3v) is 4.33. The SMILES string of the molecule is CC(=O)N(C(C)=O)c1nccc2c(-c3ccnc(S)n3)c3cccnc3n12. The van der Waals surface area contributed by atoms with E-state index in [1.165, 1.54) is 13.8 Å². The smallest absolute Gasteiger partial charge is 0.233 e. The molecule has 0 fully saturated rings. The maximum Gasteiger partial charge on any atom is 0.233 e. The van der Waals surface area contributed by atoms with Crippen molar-refractivity contribution in [1.29, 1.82) is 0 Å². The van der Waals surface area contributed by atoms with Crippen molar-refractivity contribution >= 4 is 46.9 Å². The van der Waals surface area contributed by atoms with E-state index in [1.54, 1.807) is 35.1 Å². The number of aromatic nitrogens is 5. The van der Waals surface area contributed by atoms with Crippen molar-refractivity contribution < 1.29 is 9.59 Å². The fourth-order valence-electron chi connectivity index (χ4n) is 3.14. The molecule has 0 spiro atoms. The number of anilines is 1. The lowest BCUT2D eigenvalue weighted by atomic mass is 10.1. The third-order valence-electron chi connectivity index (χ3n) is 4.12. The molecule has 0 aliphatic heterocycles. The molecule has 9 heteroatoms. The first kappa shape index (κ1) is 17.1. The summed E-state index contributed by atoms with van der Waals surface area (Å²) in [6.07, 6.45) is 4.82. The molecule has 0 bridgehead atoms. The Labute approximate surface area is 159 Å². The Bertz CT molecular complexity index is 1210. The zero-order chi connectivity index (χ0) is 19.1. The molecule has 2 amide bonds. The second kappa shape index (κ2) is 6.44. The van der Waals surface area contributed by atoms with Crippen LogP contribution >= 0.6 is 12.6 Å². The van der Waals surface area contributed by atoms with Gasteiger partial charge in [-0.15, -0.1) is 12.6 Å². The minimum absolute atomic E-state index is 0.183. The van der Waals surface area contributed by atoms with Gasteiger partial charge in [0.05, 0.1) is 11.2 Å². The molecule has 8 nitrogen and oxygen atoms in total. The number of pyridine rings is 1. The summed E-state index contributed by atoms with van der Waals surface area (Å²) < 4.78 is 1.69. The Hall–Kier alpha value is -3.33. The Morgan fingerprint density at radius 1 is 1.00 bits per heavy atom. The summed E-state index contributed by atoms with van der Waals surface area (Å²) in [7, 11) is 0. The van der Waals surface area contributed by atoms with Gasteiger partial charge >= 0.3 is 0 Å². The molecular formula is C18H14N6O2S. The molecule has 27 heavy (non-hydrogen) atoms. The average molecular weight is 378 g/mol. The van der Waals surface area contributed by atoms with Crippen molar-refractivity contribution in [3.63, 3.8) is 0 Å². The van der Waals surface area contributed by atoms with Crippen LogP contribution in [-0.2, 0) is 9.59 Å². The van der Waals surface area contributed by atoms with Gasteiger partial charge in [-0.3, -0.25) is 14.0 Å². The summed E-state index contributed by atoms with van der Waals surface area (Å²) in [6, 6.07) is 7.28. The summed E-state index contributed by atoms with van der Waals surface area (Å²) in [5.74, 6) is -0.675. The fourth-order valence-corrected chi connectivity index (χ4v) is 3.32. The van der Waals surface area contributed by atoms with Crippen LogP contribution in [0.5, 0.6) is 0 Å². The van der Waals surface area contributed by atoms with E-state index in [2.05, 4.69) is 32.6 Å². The van der Waals surface area contributed by atoms with E-state index < -0.39 is 11.8 Å². The minimum atomic E-state index is -0.429. The van der Waals surface area contributed by atoms with Crippen LogP contribution in [0.2, 0.25) is 0 Å². The van der Waals surface area contributed by atoms with Crippen LogP contribution in [0.15, 0.2) is 48.0 Å². The lowest BCUT2D eigenvalue weighted by Crippen LogP contribution is -2.35. The van der Waals surface area contributed by atoms with Crippen molar-refractivity contribution in [3.8, 4) is 11.3 Å². The van der Waals surface area contributed by atoms with Gasteiger partial charge in [-0.2, -0.15) is 0 Å². The maximum atomic E-state index is 12.1.